The lowest BCUT2D eigenvalue weighted by Crippen LogP contribution is -2.09. The molecule has 7 heteroatoms. The first-order valence-electron chi connectivity index (χ1n) is 5.93. The Morgan fingerprint density at radius 2 is 2.10 bits per heavy atom. The second-order valence-electron chi connectivity index (χ2n) is 4.39. The van der Waals surface area contributed by atoms with Crippen molar-refractivity contribution in [2.75, 3.05) is 0 Å². The molecule has 0 fully saturated rings. The van der Waals surface area contributed by atoms with Crippen molar-refractivity contribution < 1.29 is 4.39 Å². The Labute approximate surface area is 111 Å². The van der Waals surface area contributed by atoms with Crippen molar-refractivity contribution >= 4 is 11.2 Å². The minimum absolute atomic E-state index is 0.309. The number of fused-ring (bicyclic) bond motifs is 3. The van der Waals surface area contributed by atoms with E-state index in [-0.39, 0.29) is 11.5 Å². The van der Waals surface area contributed by atoms with Gasteiger partial charge in [0, 0.05) is 18.0 Å². The summed E-state index contributed by atoms with van der Waals surface area (Å²) in [5.41, 5.74) is 2.13. The third-order valence-corrected chi connectivity index (χ3v) is 3.15. The summed E-state index contributed by atoms with van der Waals surface area (Å²) in [4.78, 5) is 11.5. The number of halogens is 1. The van der Waals surface area contributed by atoms with Crippen molar-refractivity contribution in [1.29, 1.82) is 0 Å². The van der Waals surface area contributed by atoms with Crippen LogP contribution in [0.1, 0.15) is 0 Å². The minimum Gasteiger partial charge on any atom is -0.247 e. The summed E-state index contributed by atoms with van der Waals surface area (Å²) in [6.07, 6.45) is 3.23. The van der Waals surface area contributed by atoms with Crippen LogP contribution in [-0.2, 0) is 0 Å². The first-order chi connectivity index (χ1) is 9.72. The van der Waals surface area contributed by atoms with Gasteiger partial charge in [-0.3, -0.25) is 0 Å². The zero-order chi connectivity index (χ0) is 13.7. The number of rotatable bonds is 1. The molecule has 0 aliphatic rings. The Bertz CT molecular complexity index is 997. The van der Waals surface area contributed by atoms with Crippen molar-refractivity contribution in [2.45, 2.75) is 0 Å². The molecule has 0 amide bonds. The number of nitrogens with one attached hydrogen (secondary N) is 1. The fraction of sp³-hybridized carbons (Fsp3) is 0. The standard InChI is InChI=1S/C13H8FN5O/c14-9-3-1-2-8(6-9)10-7-11-12-15-16-13(20)18(12)4-5-19(11)17-10/h1-7H,(H,16,20). The van der Waals surface area contributed by atoms with Crippen molar-refractivity contribution in [3.8, 4) is 11.3 Å². The van der Waals surface area contributed by atoms with Gasteiger partial charge in [-0.1, -0.05) is 12.1 Å². The molecular formula is C13H8FN5O. The zero-order valence-corrected chi connectivity index (χ0v) is 10.1. The SMILES string of the molecule is O=c1[nH]nc2c3cc(-c4cccc(F)c4)nn3ccn12. The highest BCUT2D eigenvalue weighted by atomic mass is 19.1. The molecule has 0 unspecified atom stereocenters. The monoisotopic (exact) mass is 269 g/mol. The van der Waals surface area contributed by atoms with Gasteiger partial charge in [0.25, 0.3) is 0 Å². The normalized spacial score (nSPS) is 11.4. The molecule has 98 valence electrons. The van der Waals surface area contributed by atoms with Crippen LogP contribution in [0, 0.1) is 5.82 Å². The predicted octanol–water partition coefficient (Wildman–Crippen LogP) is 1.48. The number of H-pyrrole nitrogens is 1. The number of hydrogen-bond acceptors (Lipinski definition) is 3. The van der Waals surface area contributed by atoms with Gasteiger partial charge >= 0.3 is 5.69 Å². The van der Waals surface area contributed by atoms with E-state index in [2.05, 4.69) is 15.3 Å². The maximum Gasteiger partial charge on any atom is 0.347 e. The lowest BCUT2D eigenvalue weighted by atomic mass is 10.1. The van der Waals surface area contributed by atoms with E-state index in [0.29, 0.717) is 22.4 Å². The van der Waals surface area contributed by atoms with E-state index >= 15 is 0 Å². The fourth-order valence-electron chi connectivity index (χ4n) is 2.22. The Morgan fingerprint density at radius 1 is 1.20 bits per heavy atom. The first kappa shape index (κ1) is 10.9. The van der Waals surface area contributed by atoms with Crippen molar-refractivity contribution in [2.24, 2.45) is 0 Å². The maximum atomic E-state index is 13.3. The highest BCUT2D eigenvalue weighted by Gasteiger charge is 2.10. The predicted molar refractivity (Wildman–Crippen MR) is 70.0 cm³/mol. The van der Waals surface area contributed by atoms with E-state index in [0.717, 1.165) is 0 Å². The smallest absolute Gasteiger partial charge is 0.247 e. The molecule has 0 radical (unpaired) electrons. The van der Waals surface area contributed by atoms with Crippen molar-refractivity contribution in [1.82, 2.24) is 24.2 Å². The third-order valence-electron chi connectivity index (χ3n) is 3.15. The summed E-state index contributed by atoms with van der Waals surface area (Å²) in [5, 5.41) is 10.7. The van der Waals surface area contributed by atoms with Gasteiger partial charge in [0.1, 0.15) is 11.3 Å². The summed E-state index contributed by atoms with van der Waals surface area (Å²) < 4.78 is 16.3. The van der Waals surface area contributed by atoms with Crippen molar-refractivity contribution in [3.63, 3.8) is 0 Å². The lowest BCUT2D eigenvalue weighted by Gasteiger charge is -1.95. The van der Waals surface area contributed by atoms with Crippen LogP contribution in [0.15, 0.2) is 47.5 Å². The van der Waals surface area contributed by atoms with Gasteiger partial charge < -0.3 is 0 Å². The molecular weight excluding hydrogens is 261 g/mol. The van der Waals surface area contributed by atoms with Crippen LogP contribution in [0.2, 0.25) is 0 Å². The van der Waals surface area contributed by atoms with Gasteiger partial charge in [0.15, 0.2) is 5.65 Å². The lowest BCUT2D eigenvalue weighted by molar-refractivity contribution is 0.628. The number of benzene rings is 1. The average Bonchev–Trinajstić information content (AvgIpc) is 3.02. The van der Waals surface area contributed by atoms with Crippen molar-refractivity contribution in [3.05, 3.63) is 59.0 Å². The Morgan fingerprint density at radius 3 is 2.95 bits per heavy atom. The maximum absolute atomic E-state index is 13.3. The zero-order valence-electron chi connectivity index (χ0n) is 10.1. The van der Waals surface area contributed by atoms with Crippen LogP contribution in [-0.4, -0.2) is 24.2 Å². The molecule has 3 aromatic heterocycles. The Hall–Kier alpha value is -2.96. The average molecular weight is 269 g/mol. The number of nitrogens with zero attached hydrogens (tertiary/aromatic N) is 4. The van der Waals surface area contributed by atoms with E-state index in [4.69, 9.17) is 0 Å². The Balaban J connectivity index is 2.03. The summed E-state index contributed by atoms with van der Waals surface area (Å²) in [7, 11) is 0. The molecule has 4 rings (SSSR count). The van der Waals surface area contributed by atoms with Gasteiger partial charge in [0.2, 0.25) is 0 Å². The quantitative estimate of drug-likeness (QED) is 0.569. The second-order valence-corrected chi connectivity index (χ2v) is 4.39. The van der Waals surface area contributed by atoms with Gasteiger partial charge in [0.05, 0.1) is 5.69 Å². The van der Waals surface area contributed by atoms with Gasteiger partial charge in [-0.05, 0) is 18.2 Å². The molecule has 0 bridgehead atoms. The second kappa shape index (κ2) is 3.77. The number of hydrogen-bond donors (Lipinski definition) is 1. The van der Waals surface area contributed by atoms with Crippen LogP contribution in [0.4, 0.5) is 4.39 Å². The summed E-state index contributed by atoms with van der Waals surface area (Å²) in [6.45, 7) is 0. The molecule has 4 aromatic rings. The first-order valence-corrected chi connectivity index (χ1v) is 5.93. The van der Waals surface area contributed by atoms with Gasteiger partial charge in [-0.15, -0.1) is 0 Å². The van der Waals surface area contributed by atoms with Crippen LogP contribution in [0.5, 0.6) is 0 Å². The highest BCUT2D eigenvalue weighted by Crippen LogP contribution is 2.21. The third kappa shape index (κ3) is 1.46. The molecule has 1 aromatic carbocycles. The molecule has 1 N–H and O–H groups in total. The Kier molecular flexibility index (Phi) is 2.06. The molecule has 3 heterocycles. The van der Waals surface area contributed by atoms with Crippen LogP contribution in [0.25, 0.3) is 22.4 Å². The molecule has 0 saturated heterocycles. The fourth-order valence-corrected chi connectivity index (χ4v) is 2.22. The molecule has 6 nitrogen and oxygen atoms in total. The summed E-state index contributed by atoms with van der Waals surface area (Å²) in [5.74, 6) is -0.319. The number of aromatic amines is 1. The summed E-state index contributed by atoms with van der Waals surface area (Å²) >= 11 is 0. The molecule has 0 spiro atoms. The summed E-state index contributed by atoms with van der Waals surface area (Å²) in [6, 6.07) is 7.97. The van der Waals surface area contributed by atoms with E-state index < -0.39 is 0 Å². The molecule has 0 aliphatic carbocycles. The van der Waals surface area contributed by atoms with Crippen LogP contribution >= 0.6 is 0 Å². The van der Waals surface area contributed by atoms with E-state index in [1.807, 2.05) is 0 Å². The largest absolute Gasteiger partial charge is 0.347 e. The highest BCUT2D eigenvalue weighted by molar-refractivity contribution is 5.76. The van der Waals surface area contributed by atoms with E-state index in [1.165, 1.54) is 16.5 Å². The topological polar surface area (TPSA) is 67.5 Å². The van der Waals surface area contributed by atoms with Crippen LogP contribution in [0.3, 0.4) is 0 Å². The van der Waals surface area contributed by atoms with E-state index in [9.17, 15) is 9.18 Å². The molecule has 0 atom stereocenters. The van der Waals surface area contributed by atoms with Crippen LogP contribution < -0.4 is 5.69 Å². The minimum atomic E-state index is -0.319. The van der Waals surface area contributed by atoms with Gasteiger partial charge in [-0.25, -0.2) is 23.2 Å². The van der Waals surface area contributed by atoms with E-state index in [1.54, 1.807) is 35.1 Å². The molecule has 20 heavy (non-hydrogen) atoms. The molecule has 0 aliphatic heterocycles. The van der Waals surface area contributed by atoms with Gasteiger partial charge in [-0.2, -0.15) is 10.2 Å². The number of aromatic nitrogens is 5. The molecule has 0 saturated carbocycles.